The van der Waals surface area contributed by atoms with Gasteiger partial charge in [0.15, 0.2) is 0 Å². The number of hydrogen-bond acceptors (Lipinski definition) is 4. The number of anilines is 1. The molecule has 1 N–H and O–H groups in total. The van der Waals surface area contributed by atoms with Crippen LogP contribution in [0, 0.1) is 23.0 Å². The largest absolute Gasteiger partial charge is 0.354 e. The second-order valence-corrected chi connectivity index (χ2v) is 6.22. The fourth-order valence-corrected chi connectivity index (χ4v) is 2.54. The fourth-order valence-electron chi connectivity index (χ4n) is 2.54. The molecule has 25 heavy (non-hydrogen) atoms. The lowest BCUT2D eigenvalue weighted by Gasteiger charge is -2.17. The summed E-state index contributed by atoms with van der Waals surface area (Å²) >= 11 is 0. The van der Waals surface area contributed by atoms with Crippen molar-refractivity contribution in [2.75, 3.05) is 11.9 Å². The molecule has 2 heterocycles. The molecule has 0 saturated carbocycles. The van der Waals surface area contributed by atoms with Gasteiger partial charge in [0.2, 0.25) is 5.95 Å². The summed E-state index contributed by atoms with van der Waals surface area (Å²) in [6.45, 7) is 5.78. The number of aromatic nitrogens is 3. The number of benzene rings is 1. The molecule has 3 rings (SSSR count). The molecule has 0 aliphatic heterocycles. The normalized spacial score (nSPS) is 11.5. The van der Waals surface area contributed by atoms with E-state index in [4.69, 9.17) is 5.26 Å². The molecule has 0 unspecified atom stereocenters. The van der Waals surface area contributed by atoms with Crippen LogP contribution in [0.3, 0.4) is 0 Å². The molecule has 0 atom stereocenters. The Morgan fingerprint density at radius 2 is 1.92 bits per heavy atom. The molecule has 0 amide bonds. The number of hydrogen-bond donors (Lipinski definition) is 1. The van der Waals surface area contributed by atoms with Gasteiger partial charge in [0.05, 0.1) is 34.5 Å². The van der Waals surface area contributed by atoms with Crippen LogP contribution in [-0.2, 0) is 5.41 Å². The van der Waals surface area contributed by atoms with Crippen LogP contribution in [0.5, 0.6) is 0 Å². The van der Waals surface area contributed by atoms with Crippen LogP contribution in [0.1, 0.15) is 26.3 Å². The van der Waals surface area contributed by atoms with Crippen LogP contribution >= 0.6 is 0 Å². The first-order chi connectivity index (χ1) is 11.9. The van der Waals surface area contributed by atoms with Crippen LogP contribution in [0.4, 0.5) is 14.7 Å². The predicted octanol–water partition coefficient (Wildman–Crippen LogP) is 3.91. The lowest BCUT2D eigenvalue weighted by atomic mass is 9.85. The van der Waals surface area contributed by atoms with Crippen molar-refractivity contribution in [3.8, 4) is 17.3 Å². The standard InChI is InChI=1S/C18H17F2N5/c1-4-22-17-23-9-12-5-6-15(24-25(12)17)16-13(19)7-11(8-14(16)20)18(2,3)10-21/h5-9H,4H2,1-3H3,(H,22,23). The highest BCUT2D eigenvalue weighted by Gasteiger charge is 2.24. The highest BCUT2D eigenvalue weighted by molar-refractivity contribution is 5.64. The Labute approximate surface area is 143 Å². The minimum absolute atomic E-state index is 0.154. The van der Waals surface area contributed by atoms with Crippen LogP contribution in [-0.4, -0.2) is 21.1 Å². The van der Waals surface area contributed by atoms with Crippen LogP contribution in [0.2, 0.25) is 0 Å². The Hall–Kier alpha value is -3.01. The molecule has 5 nitrogen and oxygen atoms in total. The van der Waals surface area contributed by atoms with Crippen molar-refractivity contribution in [3.63, 3.8) is 0 Å². The topological polar surface area (TPSA) is 66.0 Å². The van der Waals surface area contributed by atoms with Gasteiger partial charge in [-0.05, 0) is 50.6 Å². The maximum atomic E-state index is 14.6. The number of imidazole rings is 1. The average Bonchev–Trinajstić information content (AvgIpc) is 2.97. The summed E-state index contributed by atoms with van der Waals surface area (Å²) in [6.07, 6.45) is 1.63. The van der Waals surface area contributed by atoms with E-state index >= 15 is 0 Å². The number of nitrogens with zero attached hydrogens (tertiary/aromatic N) is 4. The quantitative estimate of drug-likeness (QED) is 0.781. The smallest absolute Gasteiger partial charge is 0.224 e. The summed E-state index contributed by atoms with van der Waals surface area (Å²) in [7, 11) is 0. The van der Waals surface area contributed by atoms with Gasteiger partial charge in [-0.3, -0.25) is 0 Å². The van der Waals surface area contributed by atoms with Crippen molar-refractivity contribution in [1.29, 1.82) is 5.26 Å². The van der Waals surface area contributed by atoms with Crippen LogP contribution < -0.4 is 5.32 Å². The highest BCUT2D eigenvalue weighted by atomic mass is 19.1. The molecule has 0 bridgehead atoms. The maximum absolute atomic E-state index is 14.6. The van der Waals surface area contributed by atoms with E-state index in [-0.39, 0.29) is 16.8 Å². The number of rotatable bonds is 4. The van der Waals surface area contributed by atoms with E-state index in [1.807, 2.05) is 13.0 Å². The number of nitriles is 1. The maximum Gasteiger partial charge on any atom is 0.224 e. The lowest BCUT2D eigenvalue weighted by Crippen LogP contribution is -2.15. The number of nitrogens with one attached hydrogen (secondary N) is 1. The Balaban J connectivity index is 2.15. The summed E-state index contributed by atoms with van der Waals surface area (Å²) in [5.41, 5.74) is -0.0646. The van der Waals surface area contributed by atoms with Crippen molar-refractivity contribution in [2.45, 2.75) is 26.2 Å². The van der Waals surface area contributed by atoms with E-state index in [1.54, 1.807) is 32.2 Å². The van der Waals surface area contributed by atoms with Crippen molar-refractivity contribution in [3.05, 3.63) is 47.7 Å². The third-order valence-electron chi connectivity index (χ3n) is 4.02. The molecule has 128 valence electrons. The van der Waals surface area contributed by atoms with Crippen molar-refractivity contribution < 1.29 is 8.78 Å². The van der Waals surface area contributed by atoms with Gasteiger partial charge in [0, 0.05) is 6.54 Å². The van der Waals surface area contributed by atoms with Gasteiger partial charge in [-0.25, -0.2) is 13.8 Å². The fraction of sp³-hybridized carbons (Fsp3) is 0.278. The van der Waals surface area contributed by atoms with Crippen molar-refractivity contribution in [2.24, 2.45) is 0 Å². The molecule has 2 aromatic heterocycles. The summed E-state index contributed by atoms with van der Waals surface area (Å²) in [5, 5.41) is 16.5. The predicted molar refractivity (Wildman–Crippen MR) is 91.1 cm³/mol. The molecule has 3 aromatic rings. The van der Waals surface area contributed by atoms with Crippen LogP contribution in [0.25, 0.3) is 16.8 Å². The molecule has 0 saturated heterocycles. The molecular formula is C18H17F2N5. The molecular weight excluding hydrogens is 324 g/mol. The molecule has 0 fully saturated rings. The third kappa shape index (κ3) is 2.91. The van der Waals surface area contributed by atoms with Crippen LogP contribution in [0.15, 0.2) is 30.5 Å². The molecule has 0 spiro atoms. The van der Waals surface area contributed by atoms with Gasteiger partial charge in [-0.1, -0.05) is 0 Å². The minimum Gasteiger partial charge on any atom is -0.354 e. The van der Waals surface area contributed by atoms with E-state index in [2.05, 4.69) is 15.4 Å². The summed E-state index contributed by atoms with van der Waals surface area (Å²) in [4.78, 5) is 4.19. The Morgan fingerprint density at radius 3 is 2.52 bits per heavy atom. The summed E-state index contributed by atoms with van der Waals surface area (Å²) in [6, 6.07) is 7.66. The number of fused-ring (bicyclic) bond motifs is 1. The zero-order chi connectivity index (χ0) is 18.2. The van der Waals surface area contributed by atoms with E-state index < -0.39 is 17.0 Å². The first kappa shape index (κ1) is 16.8. The highest BCUT2D eigenvalue weighted by Crippen LogP contribution is 2.31. The Bertz CT molecular complexity index is 962. The number of halogens is 2. The SMILES string of the molecule is CCNc1ncc2ccc(-c3c(F)cc(C(C)(C)C#N)cc3F)nn12. The Morgan fingerprint density at radius 1 is 1.24 bits per heavy atom. The third-order valence-corrected chi connectivity index (χ3v) is 4.02. The minimum atomic E-state index is -0.986. The van der Waals surface area contributed by atoms with Gasteiger partial charge in [0.1, 0.15) is 11.6 Å². The van der Waals surface area contributed by atoms with Gasteiger partial charge in [-0.2, -0.15) is 14.9 Å². The van der Waals surface area contributed by atoms with Crippen molar-refractivity contribution >= 4 is 11.5 Å². The molecule has 0 aliphatic carbocycles. The Kier molecular flexibility index (Phi) is 4.13. The average molecular weight is 341 g/mol. The molecule has 0 radical (unpaired) electrons. The zero-order valence-corrected chi connectivity index (χ0v) is 14.1. The van der Waals surface area contributed by atoms with Gasteiger partial charge in [0.25, 0.3) is 0 Å². The monoisotopic (exact) mass is 341 g/mol. The summed E-state index contributed by atoms with van der Waals surface area (Å²) in [5.74, 6) is -1.01. The first-order valence-electron chi connectivity index (χ1n) is 7.87. The summed E-state index contributed by atoms with van der Waals surface area (Å²) < 4.78 is 30.7. The molecule has 0 aliphatic rings. The van der Waals surface area contributed by atoms with E-state index in [1.165, 1.54) is 16.6 Å². The lowest BCUT2D eigenvalue weighted by molar-refractivity contribution is 0.572. The zero-order valence-electron chi connectivity index (χ0n) is 14.1. The molecule has 1 aromatic carbocycles. The van der Waals surface area contributed by atoms with E-state index in [9.17, 15) is 8.78 Å². The molecule has 7 heteroatoms. The van der Waals surface area contributed by atoms with Gasteiger partial charge >= 0.3 is 0 Å². The second-order valence-electron chi connectivity index (χ2n) is 6.22. The van der Waals surface area contributed by atoms with Crippen molar-refractivity contribution in [1.82, 2.24) is 14.6 Å². The first-order valence-corrected chi connectivity index (χ1v) is 7.87. The van der Waals surface area contributed by atoms with Gasteiger partial charge < -0.3 is 5.32 Å². The van der Waals surface area contributed by atoms with E-state index in [0.717, 1.165) is 0 Å². The van der Waals surface area contributed by atoms with Gasteiger partial charge in [-0.15, -0.1) is 0 Å². The second kappa shape index (κ2) is 6.13. The van der Waals surface area contributed by atoms with E-state index in [0.29, 0.717) is 18.0 Å².